The summed E-state index contributed by atoms with van der Waals surface area (Å²) >= 11 is 0. The molecule has 0 N–H and O–H groups in total. The Morgan fingerprint density at radius 1 is 1.59 bits per heavy atom. The van der Waals surface area contributed by atoms with E-state index in [0.717, 1.165) is 6.26 Å². The van der Waals surface area contributed by atoms with E-state index in [1.807, 2.05) is 0 Å². The molecular formula is C8H12N2O6S. The molecule has 0 saturated heterocycles. The van der Waals surface area contributed by atoms with Crippen molar-refractivity contribution in [1.29, 1.82) is 0 Å². The van der Waals surface area contributed by atoms with Gasteiger partial charge in [-0.25, -0.2) is 0 Å². The van der Waals surface area contributed by atoms with Crippen LogP contribution < -0.4 is 0 Å². The minimum Gasteiger partial charge on any atom is -0.353 e. The lowest BCUT2D eigenvalue weighted by molar-refractivity contribution is -0.386. The van der Waals surface area contributed by atoms with Crippen LogP contribution in [0.2, 0.25) is 0 Å². The zero-order valence-electron chi connectivity index (χ0n) is 9.54. The topological polar surface area (TPSA) is 113 Å². The van der Waals surface area contributed by atoms with Crippen molar-refractivity contribution < 1.29 is 22.0 Å². The van der Waals surface area contributed by atoms with Crippen molar-refractivity contribution in [3.8, 4) is 0 Å². The molecule has 0 spiro atoms. The normalized spacial score (nSPS) is 13.6. The maximum Gasteiger partial charge on any atom is 0.334 e. The molecule has 0 saturated carbocycles. The minimum absolute atomic E-state index is 0.00338. The lowest BCUT2D eigenvalue weighted by Crippen LogP contribution is -2.16. The van der Waals surface area contributed by atoms with Gasteiger partial charge in [-0.3, -0.25) is 14.3 Å². The molecule has 1 aromatic heterocycles. The first-order chi connectivity index (χ1) is 7.70. The Morgan fingerprint density at radius 2 is 2.18 bits per heavy atom. The lowest BCUT2D eigenvalue weighted by Gasteiger charge is -2.07. The monoisotopic (exact) mass is 264 g/mol. The highest BCUT2D eigenvalue weighted by molar-refractivity contribution is 7.86. The first kappa shape index (κ1) is 13.6. The Hall–Kier alpha value is -1.48. The average molecular weight is 264 g/mol. The predicted octanol–water partition coefficient (Wildman–Crippen LogP) is 0.798. The first-order valence-corrected chi connectivity index (χ1v) is 6.50. The van der Waals surface area contributed by atoms with Crippen LogP contribution >= 0.6 is 0 Å². The van der Waals surface area contributed by atoms with E-state index < -0.39 is 21.1 Å². The molecule has 8 nitrogen and oxygen atoms in total. The maximum atomic E-state index is 10.9. The Bertz CT molecular complexity index is 520. The second-order valence-electron chi connectivity index (χ2n) is 3.61. The molecule has 17 heavy (non-hydrogen) atoms. The van der Waals surface area contributed by atoms with Crippen LogP contribution in [0.25, 0.3) is 0 Å². The van der Waals surface area contributed by atoms with Gasteiger partial charge in [0.1, 0.15) is 0 Å². The summed E-state index contributed by atoms with van der Waals surface area (Å²) in [5.41, 5.74) is -0.0921. The molecule has 9 heteroatoms. The Kier molecular flexibility index (Phi) is 3.83. The van der Waals surface area contributed by atoms with E-state index in [0.29, 0.717) is 0 Å². The van der Waals surface area contributed by atoms with Gasteiger partial charge in [-0.2, -0.15) is 8.42 Å². The lowest BCUT2D eigenvalue weighted by atomic mass is 10.2. The van der Waals surface area contributed by atoms with Crippen LogP contribution in [0.5, 0.6) is 0 Å². The number of nitro groups is 1. The third kappa shape index (κ3) is 3.79. The fraction of sp³-hybridized carbons (Fsp3) is 0.625. The molecule has 0 aliphatic heterocycles. The van der Waals surface area contributed by atoms with Crippen LogP contribution in [-0.2, 0) is 20.7 Å². The van der Waals surface area contributed by atoms with Gasteiger partial charge in [0.15, 0.2) is 5.69 Å². The number of aryl methyl sites for hydroxylation is 1. The first-order valence-electron chi connectivity index (χ1n) is 4.68. The molecule has 1 atom stereocenters. The number of rotatable bonds is 5. The van der Waals surface area contributed by atoms with Gasteiger partial charge in [0.25, 0.3) is 10.1 Å². The van der Waals surface area contributed by atoms with E-state index in [1.165, 1.54) is 13.8 Å². The third-order valence-corrected chi connectivity index (χ3v) is 2.57. The van der Waals surface area contributed by atoms with Gasteiger partial charge in [0.2, 0.25) is 5.76 Å². The average Bonchev–Trinajstić information content (AvgIpc) is 2.42. The highest BCUT2D eigenvalue weighted by atomic mass is 32.2. The summed E-state index contributed by atoms with van der Waals surface area (Å²) in [6.45, 7) is 2.91. The summed E-state index contributed by atoms with van der Waals surface area (Å²) < 4.78 is 31.1. The van der Waals surface area contributed by atoms with Crippen molar-refractivity contribution in [2.24, 2.45) is 0 Å². The zero-order chi connectivity index (χ0) is 13.2. The molecule has 96 valence electrons. The van der Waals surface area contributed by atoms with Crippen molar-refractivity contribution in [2.75, 3.05) is 6.26 Å². The van der Waals surface area contributed by atoms with Gasteiger partial charge in [-0.1, -0.05) is 5.16 Å². The fourth-order valence-corrected chi connectivity index (χ4v) is 2.04. The van der Waals surface area contributed by atoms with Crippen molar-refractivity contribution in [3.63, 3.8) is 0 Å². The standard InChI is InChI=1S/C8H12N2O6S/c1-5(16-17(3,13)14)4-7-8(10(11)12)6(2)9-15-7/h5H,4H2,1-3H3. The number of aromatic nitrogens is 1. The molecule has 0 amide bonds. The molecule has 1 heterocycles. The zero-order valence-corrected chi connectivity index (χ0v) is 10.4. The smallest absolute Gasteiger partial charge is 0.334 e. The number of nitrogens with zero attached hydrogens (tertiary/aromatic N) is 2. The predicted molar refractivity (Wildman–Crippen MR) is 57.0 cm³/mol. The van der Waals surface area contributed by atoms with Crippen molar-refractivity contribution in [1.82, 2.24) is 5.16 Å². The van der Waals surface area contributed by atoms with Crippen molar-refractivity contribution in [3.05, 3.63) is 21.6 Å². The largest absolute Gasteiger partial charge is 0.353 e. The van der Waals surface area contributed by atoms with Gasteiger partial charge < -0.3 is 4.52 Å². The molecule has 0 bridgehead atoms. The maximum absolute atomic E-state index is 10.9. The molecule has 0 fully saturated rings. The number of hydrogen-bond donors (Lipinski definition) is 0. The van der Waals surface area contributed by atoms with Crippen LogP contribution in [0.3, 0.4) is 0 Å². The number of hydrogen-bond acceptors (Lipinski definition) is 7. The molecule has 0 aliphatic rings. The Morgan fingerprint density at radius 3 is 2.65 bits per heavy atom. The summed E-state index contributed by atoms with van der Waals surface area (Å²) in [7, 11) is -3.60. The summed E-state index contributed by atoms with van der Waals surface area (Å²) in [5.74, 6) is 0.00338. The highest BCUT2D eigenvalue weighted by Gasteiger charge is 2.26. The molecule has 0 aliphatic carbocycles. The summed E-state index contributed by atoms with van der Waals surface area (Å²) in [6, 6.07) is 0. The quantitative estimate of drug-likeness (QED) is 0.439. The highest BCUT2D eigenvalue weighted by Crippen LogP contribution is 2.24. The molecule has 1 aromatic rings. The van der Waals surface area contributed by atoms with E-state index in [1.54, 1.807) is 0 Å². The molecule has 0 radical (unpaired) electrons. The van der Waals surface area contributed by atoms with Gasteiger partial charge in [0.05, 0.1) is 17.3 Å². The molecule has 0 aromatic carbocycles. The van der Waals surface area contributed by atoms with E-state index in [2.05, 4.69) is 9.34 Å². The van der Waals surface area contributed by atoms with Gasteiger partial charge in [0, 0.05) is 6.42 Å². The van der Waals surface area contributed by atoms with Crippen LogP contribution in [-0.4, -0.2) is 30.9 Å². The molecule has 1 rings (SSSR count). The van der Waals surface area contributed by atoms with Gasteiger partial charge in [-0.15, -0.1) is 0 Å². The van der Waals surface area contributed by atoms with E-state index in [4.69, 9.17) is 4.52 Å². The van der Waals surface area contributed by atoms with Crippen LogP contribution in [0.15, 0.2) is 4.52 Å². The van der Waals surface area contributed by atoms with Crippen LogP contribution in [0.4, 0.5) is 5.69 Å². The second kappa shape index (κ2) is 4.80. The Balaban J connectivity index is 2.86. The summed E-state index contributed by atoms with van der Waals surface area (Å²) in [4.78, 5) is 10.1. The third-order valence-electron chi connectivity index (χ3n) is 1.89. The molecule has 1 unspecified atom stereocenters. The van der Waals surface area contributed by atoms with Crippen LogP contribution in [0.1, 0.15) is 18.4 Å². The second-order valence-corrected chi connectivity index (χ2v) is 5.21. The van der Waals surface area contributed by atoms with E-state index in [-0.39, 0.29) is 23.6 Å². The van der Waals surface area contributed by atoms with Crippen molar-refractivity contribution >= 4 is 15.8 Å². The van der Waals surface area contributed by atoms with Gasteiger partial charge in [-0.05, 0) is 13.8 Å². The Labute approximate surface area is 97.8 Å². The van der Waals surface area contributed by atoms with Gasteiger partial charge >= 0.3 is 5.69 Å². The van der Waals surface area contributed by atoms with Crippen LogP contribution in [0, 0.1) is 17.0 Å². The summed E-state index contributed by atoms with van der Waals surface area (Å²) in [6.07, 6.45) is 0.115. The van der Waals surface area contributed by atoms with E-state index in [9.17, 15) is 18.5 Å². The SMILES string of the molecule is Cc1noc(CC(C)OS(C)(=O)=O)c1[N+](=O)[O-]. The summed E-state index contributed by atoms with van der Waals surface area (Å²) in [5, 5.41) is 14.2. The van der Waals surface area contributed by atoms with E-state index >= 15 is 0 Å². The molecular weight excluding hydrogens is 252 g/mol. The van der Waals surface area contributed by atoms with Crippen molar-refractivity contribution in [2.45, 2.75) is 26.4 Å². The minimum atomic E-state index is -3.60. The fourth-order valence-electron chi connectivity index (χ4n) is 1.37.